The molecule has 1 saturated heterocycles. The third-order valence-corrected chi connectivity index (χ3v) is 7.64. The van der Waals surface area contributed by atoms with Crippen LogP contribution in [-0.2, 0) is 24.8 Å². The zero-order chi connectivity index (χ0) is 20.7. The van der Waals surface area contributed by atoms with Crippen molar-refractivity contribution in [3.05, 3.63) is 46.4 Å². The predicted octanol–water partition coefficient (Wildman–Crippen LogP) is 2.87. The van der Waals surface area contributed by atoms with E-state index in [9.17, 15) is 21.6 Å². The number of carbonyl (C=O) groups excluding carboxylic acids is 1. The number of nitrogens with zero attached hydrogens (tertiary/aromatic N) is 1. The zero-order valence-corrected chi connectivity index (χ0v) is 17.5. The highest BCUT2D eigenvalue weighted by Crippen LogP contribution is 2.36. The number of ether oxygens (including phenoxy) is 1. The fourth-order valence-corrected chi connectivity index (χ4v) is 6.00. The maximum absolute atomic E-state index is 12.9. The fourth-order valence-electron chi connectivity index (χ4n) is 2.66. The molecule has 12 heteroatoms. The Balaban J connectivity index is 2.11. The number of hydrogen-bond donors (Lipinski definition) is 1. The van der Waals surface area contributed by atoms with Crippen molar-refractivity contribution in [3.63, 3.8) is 0 Å². The van der Waals surface area contributed by atoms with E-state index in [0.29, 0.717) is 4.31 Å². The van der Waals surface area contributed by atoms with Crippen LogP contribution in [0.15, 0.2) is 41.3 Å². The van der Waals surface area contributed by atoms with Crippen molar-refractivity contribution in [2.45, 2.75) is 11.3 Å². The summed E-state index contributed by atoms with van der Waals surface area (Å²) in [6, 6.07) is 8.06. The quantitative estimate of drug-likeness (QED) is 0.727. The number of benzene rings is 2. The van der Waals surface area contributed by atoms with Crippen LogP contribution in [-0.4, -0.2) is 35.6 Å². The number of hydrogen-bond acceptors (Lipinski definition) is 6. The summed E-state index contributed by atoms with van der Waals surface area (Å²) in [5.41, 5.74) is -0.142. The number of anilines is 2. The summed E-state index contributed by atoms with van der Waals surface area (Å²) in [6.07, 6.45) is -0.177. The monoisotopic (exact) mass is 464 g/mol. The molecule has 0 aliphatic carbocycles. The van der Waals surface area contributed by atoms with E-state index < -0.39 is 26.0 Å². The van der Waals surface area contributed by atoms with Gasteiger partial charge in [-0.2, -0.15) is 0 Å². The van der Waals surface area contributed by atoms with Crippen molar-refractivity contribution < 1.29 is 26.4 Å². The lowest BCUT2D eigenvalue weighted by molar-refractivity contribution is -0.116. The first-order valence-electron chi connectivity index (χ1n) is 7.77. The van der Waals surface area contributed by atoms with Gasteiger partial charge < -0.3 is 4.74 Å². The number of sulfonamides is 2. The minimum Gasteiger partial charge on any atom is -0.495 e. The van der Waals surface area contributed by atoms with Crippen molar-refractivity contribution in [2.75, 3.05) is 21.9 Å². The van der Waals surface area contributed by atoms with Crippen LogP contribution in [0.5, 0.6) is 5.75 Å². The van der Waals surface area contributed by atoms with Crippen LogP contribution in [0, 0.1) is 0 Å². The van der Waals surface area contributed by atoms with E-state index in [4.69, 9.17) is 27.9 Å². The first-order chi connectivity index (χ1) is 13.1. The third-order valence-electron chi connectivity index (χ3n) is 3.95. The first kappa shape index (κ1) is 20.7. The van der Waals surface area contributed by atoms with E-state index in [1.54, 1.807) is 6.07 Å². The van der Waals surface area contributed by atoms with Crippen LogP contribution < -0.4 is 13.8 Å². The van der Waals surface area contributed by atoms with E-state index in [-0.39, 0.29) is 44.2 Å². The Morgan fingerprint density at radius 2 is 1.79 bits per heavy atom. The van der Waals surface area contributed by atoms with Crippen LogP contribution >= 0.6 is 23.2 Å². The first-order valence-corrected chi connectivity index (χ1v) is 11.6. The van der Waals surface area contributed by atoms with Crippen molar-refractivity contribution in [1.29, 1.82) is 0 Å². The summed E-state index contributed by atoms with van der Waals surface area (Å²) in [7, 11) is -6.88. The van der Waals surface area contributed by atoms with E-state index in [0.717, 1.165) is 6.07 Å². The Labute approximate surface area is 172 Å². The minimum atomic E-state index is -4.28. The lowest BCUT2D eigenvalue weighted by atomic mass is 10.3. The second kappa shape index (κ2) is 7.43. The normalized spacial score (nSPS) is 16.2. The summed E-state index contributed by atoms with van der Waals surface area (Å²) >= 11 is 12.0. The van der Waals surface area contributed by atoms with Gasteiger partial charge in [0.25, 0.3) is 10.0 Å². The molecule has 1 N–H and O–H groups in total. The van der Waals surface area contributed by atoms with Gasteiger partial charge in [-0.15, -0.1) is 0 Å². The van der Waals surface area contributed by atoms with Crippen LogP contribution in [0.1, 0.15) is 6.42 Å². The zero-order valence-electron chi connectivity index (χ0n) is 14.3. The molecule has 0 bridgehead atoms. The largest absolute Gasteiger partial charge is 0.495 e. The smallest absolute Gasteiger partial charge is 0.265 e. The molecule has 0 spiro atoms. The molecule has 0 unspecified atom stereocenters. The number of amides is 1. The Morgan fingerprint density at radius 3 is 2.32 bits per heavy atom. The molecule has 0 saturated carbocycles. The maximum atomic E-state index is 12.9. The number of methoxy groups -OCH3 is 1. The number of carbonyl (C=O) groups is 1. The van der Waals surface area contributed by atoms with Crippen LogP contribution in [0.2, 0.25) is 10.0 Å². The van der Waals surface area contributed by atoms with E-state index in [2.05, 4.69) is 4.72 Å². The van der Waals surface area contributed by atoms with Gasteiger partial charge in [-0.3, -0.25) is 9.52 Å². The molecule has 0 aromatic heterocycles. The minimum absolute atomic E-state index is 0.0387. The average Bonchev–Trinajstić information content (AvgIpc) is 2.90. The van der Waals surface area contributed by atoms with Crippen molar-refractivity contribution in [3.8, 4) is 5.75 Å². The molecule has 0 radical (unpaired) electrons. The Bertz CT molecular complexity index is 1150. The van der Waals surface area contributed by atoms with Gasteiger partial charge in [0, 0.05) is 6.42 Å². The van der Waals surface area contributed by atoms with Crippen LogP contribution in [0.4, 0.5) is 11.4 Å². The molecule has 2 aromatic rings. The molecular formula is C16H14Cl2N2O6S2. The Morgan fingerprint density at radius 1 is 1.14 bits per heavy atom. The second-order valence-corrected chi connectivity index (χ2v) is 10.2. The number of halogens is 2. The Hall–Kier alpha value is -2.01. The van der Waals surface area contributed by atoms with Crippen molar-refractivity contribution in [1.82, 2.24) is 0 Å². The third kappa shape index (κ3) is 3.77. The SMILES string of the molecule is COc1ccc(N2C(=O)CCS2(=O)=O)cc1S(=O)(=O)Nc1c(Cl)cccc1Cl. The molecule has 0 atom stereocenters. The number of para-hydroxylation sites is 1. The molecule has 2 aromatic carbocycles. The second-order valence-electron chi connectivity index (χ2n) is 5.76. The van der Waals surface area contributed by atoms with Crippen molar-refractivity contribution >= 4 is 60.5 Å². The fraction of sp³-hybridized carbons (Fsp3) is 0.188. The standard InChI is InChI=1S/C16H14Cl2N2O6S2/c1-26-13-6-5-10(20-15(21)7-8-27(20,22)23)9-14(13)28(24,25)19-16-11(17)3-2-4-12(16)18/h2-6,9,19H,7-8H2,1H3. The van der Waals surface area contributed by atoms with Crippen molar-refractivity contribution in [2.24, 2.45) is 0 Å². The molecule has 1 amide bonds. The molecule has 3 rings (SSSR count). The summed E-state index contributed by atoms with van der Waals surface area (Å²) in [5, 5.41) is 0.145. The van der Waals surface area contributed by atoms with E-state index in [1.807, 2.05) is 0 Å². The molecule has 1 heterocycles. The highest BCUT2D eigenvalue weighted by atomic mass is 35.5. The van der Waals surface area contributed by atoms with E-state index in [1.165, 1.54) is 31.4 Å². The summed E-state index contributed by atoms with van der Waals surface area (Å²) in [4.78, 5) is 11.6. The molecule has 1 aliphatic rings. The van der Waals surface area contributed by atoms with Gasteiger partial charge in [-0.1, -0.05) is 29.3 Å². The van der Waals surface area contributed by atoms with Gasteiger partial charge >= 0.3 is 0 Å². The molecule has 150 valence electrons. The van der Waals surface area contributed by atoms with E-state index >= 15 is 0 Å². The van der Waals surface area contributed by atoms with Gasteiger partial charge in [0.15, 0.2) is 0 Å². The highest BCUT2D eigenvalue weighted by Gasteiger charge is 2.37. The summed E-state index contributed by atoms with van der Waals surface area (Å²) in [5.74, 6) is -1.04. The summed E-state index contributed by atoms with van der Waals surface area (Å²) in [6.45, 7) is 0. The van der Waals surface area contributed by atoms with Gasteiger partial charge in [-0.25, -0.2) is 21.1 Å². The topological polar surface area (TPSA) is 110 Å². The number of nitrogens with one attached hydrogen (secondary N) is 1. The molecule has 28 heavy (non-hydrogen) atoms. The lowest BCUT2D eigenvalue weighted by Crippen LogP contribution is -2.29. The summed E-state index contributed by atoms with van der Waals surface area (Å²) < 4.78 is 58.1. The Kier molecular flexibility index (Phi) is 5.50. The van der Waals surface area contributed by atoms with Gasteiger partial charge in [-0.05, 0) is 30.3 Å². The number of rotatable bonds is 5. The highest BCUT2D eigenvalue weighted by molar-refractivity contribution is 7.94. The molecule has 1 fully saturated rings. The van der Waals surface area contributed by atoms with Gasteiger partial charge in [0.05, 0.1) is 34.3 Å². The molecular weight excluding hydrogens is 451 g/mol. The van der Waals surface area contributed by atoms with Crippen LogP contribution in [0.3, 0.4) is 0 Å². The predicted molar refractivity (Wildman–Crippen MR) is 106 cm³/mol. The van der Waals surface area contributed by atoms with Crippen LogP contribution in [0.25, 0.3) is 0 Å². The lowest BCUT2D eigenvalue weighted by Gasteiger charge is -2.18. The molecule has 1 aliphatic heterocycles. The molecule has 8 nitrogen and oxygen atoms in total. The average molecular weight is 465 g/mol. The van der Waals surface area contributed by atoms with Gasteiger partial charge in [0.1, 0.15) is 10.6 Å². The maximum Gasteiger partial charge on any atom is 0.265 e. The van der Waals surface area contributed by atoms with Gasteiger partial charge in [0.2, 0.25) is 15.9 Å².